The molecule has 0 atom stereocenters. The maximum absolute atomic E-state index is 13.1. The van der Waals surface area contributed by atoms with Gasteiger partial charge >= 0.3 is 0 Å². The Bertz CT molecular complexity index is 299. The predicted octanol–water partition coefficient (Wildman–Crippen LogP) is 1.85. The Morgan fingerprint density at radius 2 is 2.31 bits per heavy atom. The summed E-state index contributed by atoms with van der Waals surface area (Å²) in [6, 6.07) is 4.63. The van der Waals surface area contributed by atoms with Gasteiger partial charge in [0.1, 0.15) is 18.2 Å². The van der Waals surface area contributed by atoms with E-state index in [0.29, 0.717) is 17.9 Å². The van der Waals surface area contributed by atoms with Crippen molar-refractivity contribution in [2.75, 3.05) is 6.61 Å². The number of rotatable bonds is 4. The minimum absolute atomic E-state index is 0.202. The van der Waals surface area contributed by atoms with Gasteiger partial charge in [-0.3, -0.25) is 0 Å². The fraction of sp³-hybridized carbons (Fsp3) is 0.200. The summed E-state index contributed by atoms with van der Waals surface area (Å²) >= 11 is 0. The highest BCUT2D eigenvalue weighted by molar-refractivity contribution is 5.28. The molecule has 0 heterocycles. The average Bonchev–Trinajstić information content (AvgIpc) is 2.15. The van der Waals surface area contributed by atoms with Crippen molar-refractivity contribution in [2.45, 2.75) is 6.54 Å². The lowest BCUT2D eigenvalue weighted by Crippen LogP contribution is -2.00. The molecule has 3 heteroatoms. The largest absolute Gasteiger partial charge is 0.489 e. The highest BCUT2D eigenvalue weighted by atomic mass is 19.1. The maximum Gasteiger partial charge on any atom is 0.131 e. The molecule has 0 saturated heterocycles. The van der Waals surface area contributed by atoms with Crippen LogP contribution in [0.2, 0.25) is 0 Å². The zero-order valence-corrected chi connectivity index (χ0v) is 7.29. The standard InChI is InChI=1S/C10H12FNO/c1-2-5-13-9-4-3-8(7-12)10(11)6-9/h2-4,6H,1,5,7,12H2. The molecule has 0 saturated carbocycles. The van der Waals surface area contributed by atoms with Crippen molar-refractivity contribution in [1.82, 2.24) is 0 Å². The third-order valence-corrected chi connectivity index (χ3v) is 1.61. The second kappa shape index (κ2) is 4.62. The van der Waals surface area contributed by atoms with E-state index in [9.17, 15) is 4.39 Å². The molecule has 0 bridgehead atoms. The van der Waals surface area contributed by atoms with Crippen molar-refractivity contribution < 1.29 is 9.13 Å². The molecule has 0 amide bonds. The Morgan fingerprint density at radius 3 is 2.85 bits per heavy atom. The number of ether oxygens (including phenoxy) is 1. The highest BCUT2D eigenvalue weighted by Crippen LogP contribution is 2.16. The molecule has 1 aromatic rings. The van der Waals surface area contributed by atoms with E-state index < -0.39 is 0 Å². The minimum atomic E-state index is -0.330. The highest BCUT2D eigenvalue weighted by Gasteiger charge is 2.01. The smallest absolute Gasteiger partial charge is 0.131 e. The van der Waals surface area contributed by atoms with Crippen molar-refractivity contribution in [2.24, 2.45) is 5.73 Å². The van der Waals surface area contributed by atoms with Crippen LogP contribution in [0.1, 0.15) is 5.56 Å². The summed E-state index contributed by atoms with van der Waals surface area (Å²) in [5.74, 6) is 0.165. The molecule has 0 aromatic heterocycles. The van der Waals surface area contributed by atoms with Crippen molar-refractivity contribution in [3.8, 4) is 5.75 Å². The van der Waals surface area contributed by atoms with Crippen LogP contribution in [0.3, 0.4) is 0 Å². The van der Waals surface area contributed by atoms with Gasteiger partial charge in [0.25, 0.3) is 0 Å². The van der Waals surface area contributed by atoms with Crippen molar-refractivity contribution >= 4 is 0 Å². The van der Waals surface area contributed by atoms with E-state index in [4.69, 9.17) is 10.5 Å². The van der Waals surface area contributed by atoms with E-state index in [-0.39, 0.29) is 12.4 Å². The van der Waals surface area contributed by atoms with Crippen LogP contribution in [0.4, 0.5) is 4.39 Å². The normalized spacial score (nSPS) is 9.69. The van der Waals surface area contributed by atoms with Gasteiger partial charge in [-0.15, -0.1) is 0 Å². The summed E-state index contributed by atoms with van der Waals surface area (Å²) in [7, 11) is 0. The minimum Gasteiger partial charge on any atom is -0.489 e. The van der Waals surface area contributed by atoms with Crippen LogP contribution in [0.5, 0.6) is 5.75 Å². The van der Waals surface area contributed by atoms with Gasteiger partial charge in [-0.05, 0) is 6.07 Å². The summed E-state index contributed by atoms with van der Waals surface area (Å²) in [5.41, 5.74) is 5.80. The molecule has 0 aliphatic carbocycles. The molecule has 0 aliphatic heterocycles. The van der Waals surface area contributed by atoms with Crippen LogP contribution >= 0.6 is 0 Å². The lowest BCUT2D eigenvalue weighted by molar-refractivity contribution is 0.360. The van der Waals surface area contributed by atoms with Gasteiger partial charge in [-0.1, -0.05) is 18.7 Å². The maximum atomic E-state index is 13.1. The molecule has 2 N–H and O–H groups in total. The third kappa shape index (κ3) is 2.56. The summed E-state index contributed by atoms with van der Waals surface area (Å²) in [5, 5.41) is 0. The molecule has 2 nitrogen and oxygen atoms in total. The molecule has 0 fully saturated rings. The molecule has 0 unspecified atom stereocenters. The molecule has 0 aliphatic rings. The first kappa shape index (κ1) is 9.74. The Kier molecular flexibility index (Phi) is 3.46. The molecular formula is C10H12FNO. The quantitative estimate of drug-likeness (QED) is 0.719. The van der Waals surface area contributed by atoms with Crippen LogP contribution in [-0.4, -0.2) is 6.61 Å². The summed E-state index contributed by atoms with van der Waals surface area (Å²) < 4.78 is 18.2. The molecule has 1 aromatic carbocycles. The molecule has 70 valence electrons. The van der Waals surface area contributed by atoms with Crippen molar-refractivity contribution in [1.29, 1.82) is 0 Å². The molecule has 13 heavy (non-hydrogen) atoms. The first-order chi connectivity index (χ1) is 6.27. The van der Waals surface area contributed by atoms with Crippen LogP contribution in [-0.2, 0) is 6.54 Å². The fourth-order valence-corrected chi connectivity index (χ4v) is 0.939. The number of hydrogen-bond donors (Lipinski definition) is 1. The Balaban J connectivity index is 2.76. The third-order valence-electron chi connectivity index (χ3n) is 1.61. The van der Waals surface area contributed by atoms with E-state index in [1.165, 1.54) is 6.07 Å². The van der Waals surface area contributed by atoms with E-state index >= 15 is 0 Å². The number of benzene rings is 1. The van der Waals surface area contributed by atoms with Crippen molar-refractivity contribution in [3.63, 3.8) is 0 Å². The van der Waals surface area contributed by atoms with Gasteiger partial charge in [0.2, 0.25) is 0 Å². The lowest BCUT2D eigenvalue weighted by atomic mass is 10.2. The van der Waals surface area contributed by atoms with E-state index in [1.807, 2.05) is 0 Å². The fourth-order valence-electron chi connectivity index (χ4n) is 0.939. The summed E-state index contributed by atoms with van der Waals surface area (Å²) in [6.07, 6.45) is 1.61. The van der Waals surface area contributed by atoms with Gasteiger partial charge in [-0.2, -0.15) is 0 Å². The number of nitrogens with two attached hydrogens (primary N) is 1. The first-order valence-electron chi connectivity index (χ1n) is 4.00. The van der Waals surface area contributed by atoms with E-state index in [1.54, 1.807) is 18.2 Å². The zero-order chi connectivity index (χ0) is 9.68. The first-order valence-corrected chi connectivity index (χ1v) is 4.00. The number of halogens is 1. The van der Waals surface area contributed by atoms with Crippen LogP contribution in [0, 0.1) is 5.82 Å². The predicted molar refractivity (Wildman–Crippen MR) is 50.0 cm³/mol. The van der Waals surface area contributed by atoms with Gasteiger partial charge < -0.3 is 10.5 Å². The molecule has 0 radical (unpaired) electrons. The Hall–Kier alpha value is -1.35. The average molecular weight is 181 g/mol. The van der Waals surface area contributed by atoms with Crippen LogP contribution < -0.4 is 10.5 Å². The zero-order valence-electron chi connectivity index (χ0n) is 7.29. The topological polar surface area (TPSA) is 35.2 Å². The van der Waals surface area contributed by atoms with Crippen LogP contribution in [0.15, 0.2) is 30.9 Å². The number of hydrogen-bond acceptors (Lipinski definition) is 2. The van der Waals surface area contributed by atoms with Gasteiger partial charge in [0.05, 0.1) is 0 Å². The van der Waals surface area contributed by atoms with E-state index in [2.05, 4.69) is 6.58 Å². The molecule has 0 spiro atoms. The second-order valence-electron chi connectivity index (χ2n) is 2.56. The van der Waals surface area contributed by atoms with Crippen LogP contribution in [0.25, 0.3) is 0 Å². The van der Waals surface area contributed by atoms with Gasteiger partial charge in [-0.25, -0.2) is 4.39 Å². The molecule has 1 rings (SSSR count). The van der Waals surface area contributed by atoms with Gasteiger partial charge in [0.15, 0.2) is 0 Å². The SMILES string of the molecule is C=CCOc1ccc(CN)c(F)c1. The van der Waals surface area contributed by atoms with Gasteiger partial charge in [0, 0.05) is 18.2 Å². The molecular weight excluding hydrogens is 169 g/mol. The van der Waals surface area contributed by atoms with Crippen molar-refractivity contribution in [3.05, 3.63) is 42.2 Å². The summed E-state index contributed by atoms with van der Waals surface area (Å²) in [4.78, 5) is 0. The summed E-state index contributed by atoms with van der Waals surface area (Å²) in [6.45, 7) is 4.07. The monoisotopic (exact) mass is 181 g/mol. The van der Waals surface area contributed by atoms with E-state index in [0.717, 1.165) is 0 Å². The second-order valence-corrected chi connectivity index (χ2v) is 2.56. The lowest BCUT2D eigenvalue weighted by Gasteiger charge is -2.04. The Morgan fingerprint density at radius 1 is 1.54 bits per heavy atom. The Labute approximate surface area is 76.8 Å².